The monoisotopic (exact) mass is 1080 g/mol. The lowest BCUT2D eigenvalue weighted by Gasteiger charge is -2.42. The zero-order valence-corrected chi connectivity index (χ0v) is 43.9. The van der Waals surface area contributed by atoms with Crippen LogP contribution in [0.25, 0.3) is 11.3 Å². The molecule has 8 rings (SSSR count). The summed E-state index contributed by atoms with van der Waals surface area (Å²) < 4.78 is 93.2. The molecule has 2 aromatic carbocycles. The quantitative estimate of drug-likeness (QED) is 0.0467. The predicted molar refractivity (Wildman–Crippen MR) is 272 cm³/mol. The standard InChI is InChI=1S/C54H65F5N10O8/c1-52(2,3)47(77-50(73)60-6)49(72)65-66(27-39-40(55)21-34(22-41(39)56)42-18-19-69(64-42)35-15-16-35)28-44(70)43(62-48(71)46(63-51(74)75-7)53(4,5)54(57,58)59)20-32-11-8-31(9-12-32)10-13-33-14-17-45(61-24-33)68-26-36-23-37(68)25-67(36)38-29-76-30-38/h8-9,11-12,14,17-19,21-22,24,35-38,43-44,46-47,70H,15-16,20,23,25-30H2,1-7H3,(H,60,73)(H,62,71)(H,63,74)(H,65,72)/t36-,37-,43+,44+,46-,47-/m1/s1. The first kappa shape index (κ1) is 56.3. The molecule has 4 aromatic rings. The van der Waals surface area contributed by atoms with Gasteiger partial charge in [-0.3, -0.25) is 24.6 Å². The minimum Gasteiger partial charge on any atom is -0.453 e. The Balaban J connectivity index is 1.05. The van der Waals surface area contributed by atoms with Gasteiger partial charge >= 0.3 is 18.4 Å². The van der Waals surface area contributed by atoms with Crippen LogP contribution >= 0.6 is 0 Å². The fraction of sp³-hybridized carbons (Fsp3) is 0.519. The number of rotatable bonds is 18. The summed E-state index contributed by atoms with van der Waals surface area (Å²) >= 11 is 0. The number of aromatic nitrogens is 3. The first-order chi connectivity index (χ1) is 36.4. The highest BCUT2D eigenvalue weighted by atomic mass is 19.4. The summed E-state index contributed by atoms with van der Waals surface area (Å²) in [5.74, 6) is 2.66. The first-order valence-corrected chi connectivity index (χ1v) is 25.5. The van der Waals surface area contributed by atoms with E-state index in [0.29, 0.717) is 54.4 Å². The van der Waals surface area contributed by atoms with E-state index in [1.807, 2.05) is 17.4 Å². The molecule has 3 aliphatic heterocycles. The number of nitrogens with one attached hydrogen (secondary N) is 4. The number of anilines is 1. The average Bonchev–Trinajstić information content (AvgIpc) is 3.76. The Bertz CT molecular complexity index is 2820. The molecule has 2 aromatic heterocycles. The van der Waals surface area contributed by atoms with Crippen LogP contribution in [0, 0.1) is 34.3 Å². The molecule has 2 bridgehead atoms. The summed E-state index contributed by atoms with van der Waals surface area (Å²) in [7, 11) is 2.18. The van der Waals surface area contributed by atoms with Crippen LogP contribution in [0.1, 0.15) is 82.2 Å². The molecule has 3 saturated heterocycles. The lowest BCUT2D eigenvalue weighted by atomic mass is 9.82. The number of nitrogens with zero attached hydrogens (tertiary/aromatic N) is 6. The average molecular weight is 1080 g/mol. The van der Waals surface area contributed by atoms with Crippen molar-refractivity contribution in [2.45, 2.75) is 121 Å². The van der Waals surface area contributed by atoms with Crippen LogP contribution in [0.15, 0.2) is 67.0 Å². The highest BCUT2D eigenvalue weighted by molar-refractivity contribution is 5.87. The third kappa shape index (κ3) is 13.3. The number of methoxy groups -OCH3 is 1. The SMILES string of the molecule is CNC(=O)O[C@H](C(=O)NN(Cc1c(F)cc(-c2ccn(C3CC3)n2)cc1F)C[C@H](O)[C@H](Cc1ccc(C#Cc2ccc(N3C[C@H]4C[C@@H]3CN4C3COC3)nc2)cc1)NC(=O)[C@@H](NC(=O)OC)C(C)(C)C(F)(F)F)C(C)(C)C. The van der Waals surface area contributed by atoms with E-state index < -0.39 is 95.6 Å². The number of alkyl halides is 3. The summed E-state index contributed by atoms with van der Waals surface area (Å²) in [5.41, 5.74) is 0.107. The van der Waals surface area contributed by atoms with Crippen molar-refractivity contribution < 1.29 is 60.4 Å². The van der Waals surface area contributed by atoms with Gasteiger partial charge in [0.2, 0.25) is 5.91 Å². The Labute approximate surface area is 443 Å². The van der Waals surface area contributed by atoms with Crippen LogP contribution in [0.2, 0.25) is 0 Å². The highest BCUT2D eigenvalue weighted by Gasteiger charge is 2.56. The third-order valence-corrected chi connectivity index (χ3v) is 14.6. The third-order valence-electron chi connectivity index (χ3n) is 14.6. The Hall–Kier alpha value is -6.87. The number of piperazine rings is 1. The van der Waals surface area contributed by atoms with Gasteiger partial charge in [-0.25, -0.2) is 28.4 Å². The number of aliphatic hydroxyl groups excluding tert-OH is 1. The lowest BCUT2D eigenvalue weighted by Crippen LogP contribution is -2.62. The summed E-state index contributed by atoms with van der Waals surface area (Å²) in [6.45, 7) is 8.14. The summed E-state index contributed by atoms with van der Waals surface area (Å²) in [4.78, 5) is 62.7. The zero-order chi connectivity index (χ0) is 55.6. The van der Waals surface area contributed by atoms with Crippen molar-refractivity contribution in [2.75, 3.05) is 51.9 Å². The number of hydrogen-bond donors (Lipinski definition) is 5. The maximum absolute atomic E-state index is 16.2. The summed E-state index contributed by atoms with van der Waals surface area (Å²) in [6.07, 6.45) is -4.65. The van der Waals surface area contributed by atoms with E-state index >= 15 is 8.78 Å². The van der Waals surface area contributed by atoms with Gasteiger partial charge in [0.15, 0.2) is 6.10 Å². The molecule has 0 radical (unpaired) electrons. The molecule has 23 heteroatoms. The number of carbonyl (C=O) groups is 4. The smallest absolute Gasteiger partial charge is 0.407 e. The topological polar surface area (TPSA) is 205 Å². The molecule has 5 heterocycles. The molecule has 5 N–H and O–H groups in total. The van der Waals surface area contributed by atoms with Crippen LogP contribution in [0.4, 0.5) is 37.4 Å². The van der Waals surface area contributed by atoms with Gasteiger partial charge in [0.05, 0.1) is 55.7 Å². The Kier molecular flexibility index (Phi) is 16.8. The van der Waals surface area contributed by atoms with E-state index in [0.717, 1.165) is 75.6 Å². The normalized spacial score (nSPS) is 19.3. The van der Waals surface area contributed by atoms with Crippen molar-refractivity contribution >= 4 is 29.8 Å². The zero-order valence-electron chi connectivity index (χ0n) is 43.9. The second kappa shape index (κ2) is 23.0. The van der Waals surface area contributed by atoms with Gasteiger partial charge in [-0.15, -0.1) is 0 Å². The van der Waals surface area contributed by atoms with Gasteiger partial charge in [0, 0.05) is 85.4 Å². The van der Waals surface area contributed by atoms with Gasteiger partial charge in [0.1, 0.15) is 23.5 Å². The Morgan fingerprint density at radius 3 is 2.10 bits per heavy atom. The number of likely N-dealkylation sites (tertiary alicyclic amines) is 1. The molecule has 18 nitrogen and oxygen atoms in total. The van der Waals surface area contributed by atoms with Crippen LogP contribution in [0.3, 0.4) is 0 Å². The number of benzene rings is 2. The van der Waals surface area contributed by atoms with E-state index in [-0.39, 0.29) is 18.0 Å². The van der Waals surface area contributed by atoms with Crippen LogP contribution in [-0.2, 0) is 36.8 Å². The fourth-order valence-electron chi connectivity index (χ4n) is 9.69. The van der Waals surface area contributed by atoms with Crippen molar-refractivity contribution in [3.63, 3.8) is 0 Å². The van der Waals surface area contributed by atoms with E-state index in [1.165, 1.54) is 7.05 Å². The van der Waals surface area contributed by atoms with Crippen molar-refractivity contribution in [2.24, 2.45) is 10.8 Å². The van der Waals surface area contributed by atoms with E-state index in [2.05, 4.69) is 47.5 Å². The number of amides is 4. The Morgan fingerprint density at radius 1 is 0.870 bits per heavy atom. The second-order valence-electron chi connectivity index (χ2n) is 21.7. The maximum atomic E-state index is 16.2. The molecular formula is C54H65F5N10O8. The number of hydrogen-bond acceptors (Lipinski definition) is 13. The molecule has 4 amide bonds. The van der Waals surface area contributed by atoms with Gasteiger partial charge in [-0.2, -0.15) is 18.3 Å². The molecule has 0 spiro atoms. The Morgan fingerprint density at radius 2 is 1.55 bits per heavy atom. The first-order valence-electron chi connectivity index (χ1n) is 25.5. The molecule has 77 heavy (non-hydrogen) atoms. The van der Waals surface area contributed by atoms with Crippen molar-refractivity contribution in [1.29, 1.82) is 0 Å². The van der Waals surface area contributed by atoms with Gasteiger partial charge < -0.3 is 40.2 Å². The largest absolute Gasteiger partial charge is 0.453 e. The molecule has 1 aliphatic carbocycles. The van der Waals surface area contributed by atoms with Crippen LogP contribution < -0.4 is 26.3 Å². The molecule has 0 unspecified atom stereocenters. The molecular weight excluding hydrogens is 1010 g/mol. The van der Waals surface area contributed by atoms with Crippen molar-refractivity contribution in [3.8, 4) is 23.1 Å². The number of pyridine rings is 1. The number of aliphatic hydroxyl groups is 1. The number of fused-ring (bicyclic) bond motifs is 2. The number of ether oxygens (including phenoxy) is 3. The number of alkyl carbamates (subject to hydrolysis) is 2. The predicted octanol–water partition coefficient (Wildman–Crippen LogP) is 5.63. The van der Waals surface area contributed by atoms with Crippen molar-refractivity contribution in [3.05, 3.63) is 101 Å². The molecule has 4 aliphatic rings. The minimum absolute atomic E-state index is 0.129. The summed E-state index contributed by atoms with van der Waals surface area (Å²) in [6, 6.07) is 11.9. The van der Waals surface area contributed by atoms with Gasteiger partial charge in [0.25, 0.3) is 5.91 Å². The molecule has 6 atom stereocenters. The number of hydrazine groups is 1. The van der Waals surface area contributed by atoms with Crippen LogP contribution in [0.5, 0.6) is 0 Å². The van der Waals surface area contributed by atoms with Gasteiger partial charge in [-0.05, 0) is 87.6 Å². The van der Waals surface area contributed by atoms with E-state index in [9.17, 15) is 37.5 Å². The number of carbonyl (C=O) groups excluding carboxylic acids is 4. The van der Waals surface area contributed by atoms with Gasteiger partial charge in [-0.1, -0.05) is 44.7 Å². The van der Waals surface area contributed by atoms with Crippen LogP contribution in [-0.4, -0.2) is 149 Å². The van der Waals surface area contributed by atoms with E-state index in [1.54, 1.807) is 68.2 Å². The number of halogens is 5. The van der Waals surface area contributed by atoms with E-state index in [4.69, 9.17) is 14.5 Å². The molecule has 414 valence electrons. The minimum atomic E-state index is -5.05. The summed E-state index contributed by atoms with van der Waals surface area (Å²) in [5, 5.41) is 24.3. The molecule has 1 saturated carbocycles. The second-order valence-corrected chi connectivity index (χ2v) is 21.7. The lowest BCUT2D eigenvalue weighted by molar-refractivity contribution is -0.220. The van der Waals surface area contributed by atoms with Crippen molar-refractivity contribution in [1.82, 2.24) is 46.0 Å². The fourth-order valence-corrected chi connectivity index (χ4v) is 9.69. The molecule has 4 fully saturated rings. The highest BCUT2D eigenvalue weighted by Crippen LogP contribution is 2.41. The maximum Gasteiger partial charge on any atom is 0.407 e.